The van der Waals surface area contributed by atoms with Crippen LogP contribution in [0.1, 0.15) is 93.6 Å². The molecule has 42 heavy (non-hydrogen) atoms. The molecule has 238 valence electrons. The van der Waals surface area contributed by atoms with Gasteiger partial charge in [0.2, 0.25) is 0 Å². The number of carbonyl (C=O) groups is 4. The number of carbonyl (C=O) groups excluding carboxylic acids is 3. The molecule has 0 fully saturated rings. The molecule has 0 bridgehead atoms. The Labute approximate surface area is 249 Å². The summed E-state index contributed by atoms with van der Waals surface area (Å²) in [5, 5.41) is 9.81. The van der Waals surface area contributed by atoms with Crippen molar-refractivity contribution in [3.05, 3.63) is 23.8 Å². The number of aliphatic carboxylic acids is 1. The molecule has 0 saturated heterocycles. The number of esters is 1. The van der Waals surface area contributed by atoms with E-state index in [-0.39, 0.29) is 47.9 Å². The lowest BCUT2D eigenvalue weighted by Crippen LogP contribution is -2.42. The van der Waals surface area contributed by atoms with Crippen molar-refractivity contribution in [2.24, 2.45) is 28.4 Å². The lowest BCUT2D eigenvalue weighted by molar-refractivity contribution is -0.152. The van der Waals surface area contributed by atoms with E-state index < -0.39 is 48.2 Å². The fourth-order valence-corrected chi connectivity index (χ4v) is 3.76. The van der Waals surface area contributed by atoms with E-state index in [1.54, 1.807) is 13.8 Å². The van der Waals surface area contributed by atoms with Crippen LogP contribution in [-0.2, 0) is 23.8 Å². The smallest absolute Gasteiger partial charge is 0.480 e. The molecule has 1 aromatic rings. The van der Waals surface area contributed by atoms with Gasteiger partial charge in [0.15, 0.2) is 11.5 Å². The Hall–Kier alpha value is -3.34. The molecule has 0 spiro atoms. The van der Waals surface area contributed by atoms with Crippen LogP contribution in [0.2, 0.25) is 0 Å². The molecule has 0 aliphatic carbocycles. The standard InChI is InChI=1S/C31H49NO10/c1-11-18(2)14-24(33)40-20(4)19(3)25(26(32)27(34)35)21-12-13-22(41-28(36)38-16-30(5,6)7)23(15-21)42-29(37)39-17-31(8,9)10/h12-13,15,18-20,25-26H,11,14,16-17,32H2,1-10H3,(H,34,35)/t18?,19?,20?,25?,26-/m0/s1. The number of nitrogens with two attached hydrogens (primary N) is 1. The van der Waals surface area contributed by atoms with Gasteiger partial charge < -0.3 is 34.5 Å². The van der Waals surface area contributed by atoms with Gasteiger partial charge in [-0.05, 0) is 41.4 Å². The summed E-state index contributed by atoms with van der Waals surface area (Å²) in [6.07, 6.45) is -1.71. The van der Waals surface area contributed by atoms with Gasteiger partial charge in [0.1, 0.15) is 12.1 Å². The first-order valence-corrected chi connectivity index (χ1v) is 14.2. The van der Waals surface area contributed by atoms with E-state index in [0.717, 1.165) is 6.42 Å². The van der Waals surface area contributed by atoms with Crippen LogP contribution in [-0.4, -0.2) is 54.7 Å². The molecule has 0 radical (unpaired) electrons. The van der Waals surface area contributed by atoms with Crippen LogP contribution < -0.4 is 15.2 Å². The first-order chi connectivity index (χ1) is 19.2. The zero-order valence-electron chi connectivity index (χ0n) is 26.6. The fourth-order valence-electron chi connectivity index (χ4n) is 3.76. The van der Waals surface area contributed by atoms with Crippen molar-refractivity contribution >= 4 is 24.2 Å². The average Bonchev–Trinajstić information content (AvgIpc) is 2.86. The first-order valence-electron chi connectivity index (χ1n) is 14.2. The third-order valence-electron chi connectivity index (χ3n) is 6.49. The molecule has 0 aliphatic rings. The molecule has 0 aliphatic heterocycles. The number of ether oxygens (including phenoxy) is 5. The number of carboxylic acid groups (broad SMARTS) is 1. The van der Waals surface area contributed by atoms with Crippen LogP contribution in [0.3, 0.4) is 0 Å². The normalized spacial score (nSPS) is 15.4. The second-order valence-electron chi connectivity index (χ2n) is 13.3. The topological polar surface area (TPSA) is 161 Å². The third kappa shape index (κ3) is 13.1. The predicted octanol–water partition coefficient (Wildman–Crippen LogP) is 6.31. The minimum atomic E-state index is -1.40. The van der Waals surface area contributed by atoms with E-state index in [2.05, 4.69) is 0 Å². The molecule has 5 atom stereocenters. The van der Waals surface area contributed by atoms with Gasteiger partial charge in [-0.3, -0.25) is 9.59 Å². The molecule has 4 unspecified atom stereocenters. The first kappa shape index (κ1) is 36.7. The monoisotopic (exact) mass is 595 g/mol. The zero-order chi connectivity index (χ0) is 32.4. The van der Waals surface area contributed by atoms with Crippen LogP contribution in [0.4, 0.5) is 9.59 Å². The Morgan fingerprint density at radius 1 is 0.857 bits per heavy atom. The summed E-state index contributed by atoms with van der Waals surface area (Å²) >= 11 is 0. The van der Waals surface area contributed by atoms with Crippen LogP contribution in [0.5, 0.6) is 11.5 Å². The number of hydrogen-bond donors (Lipinski definition) is 2. The average molecular weight is 596 g/mol. The SMILES string of the molecule is CCC(C)CC(=O)OC(C)C(C)C(c1ccc(OC(=O)OCC(C)(C)C)c(OC(=O)OCC(C)(C)C)c1)[C@H](N)C(=O)O. The number of carboxylic acids is 1. The molecule has 11 heteroatoms. The van der Waals surface area contributed by atoms with Gasteiger partial charge in [0.05, 0.1) is 13.2 Å². The Bertz CT molecular complexity index is 1070. The van der Waals surface area contributed by atoms with Crippen molar-refractivity contribution in [3.8, 4) is 11.5 Å². The van der Waals surface area contributed by atoms with Crippen molar-refractivity contribution in [1.29, 1.82) is 0 Å². The Kier molecular flexibility index (Phi) is 13.8. The van der Waals surface area contributed by atoms with Crippen LogP contribution in [0.25, 0.3) is 0 Å². The summed E-state index contributed by atoms with van der Waals surface area (Å²) in [7, 11) is 0. The molecule has 3 N–H and O–H groups in total. The second kappa shape index (κ2) is 15.8. The Morgan fingerprint density at radius 3 is 1.81 bits per heavy atom. The summed E-state index contributed by atoms with van der Waals surface area (Å²) in [6.45, 7) is 18.7. The third-order valence-corrected chi connectivity index (χ3v) is 6.49. The highest BCUT2D eigenvalue weighted by molar-refractivity contribution is 5.75. The van der Waals surface area contributed by atoms with Gasteiger partial charge in [-0.15, -0.1) is 0 Å². The van der Waals surface area contributed by atoms with Gasteiger partial charge >= 0.3 is 24.2 Å². The van der Waals surface area contributed by atoms with Gasteiger partial charge in [-0.1, -0.05) is 74.8 Å². The highest BCUT2D eigenvalue weighted by Gasteiger charge is 2.36. The van der Waals surface area contributed by atoms with E-state index in [1.807, 2.05) is 55.4 Å². The maximum absolute atomic E-state index is 12.6. The van der Waals surface area contributed by atoms with Crippen molar-refractivity contribution in [2.45, 2.75) is 100 Å². The second-order valence-corrected chi connectivity index (χ2v) is 13.3. The van der Waals surface area contributed by atoms with Crippen LogP contribution in [0, 0.1) is 22.7 Å². The van der Waals surface area contributed by atoms with Crippen molar-refractivity contribution in [1.82, 2.24) is 0 Å². The van der Waals surface area contributed by atoms with E-state index in [9.17, 15) is 24.3 Å². The van der Waals surface area contributed by atoms with Crippen LogP contribution >= 0.6 is 0 Å². The van der Waals surface area contributed by atoms with Gasteiger partial charge in [0, 0.05) is 18.3 Å². The van der Waals surface area contributed by atoms with Crippen molar-refractivity contribution in [3.63, 3.8) is 0 Å². The number of hydrogen-bond acceptors (Lipinski definition) is 10. The summed E-state index contributed by atoms with van der Waals surface area (Å²) in [4.78, 5) is 49.5. The molecule has 0 amide bonds. The van der Waals surface area contributed by atoms with E-state index in [0.29, 0.717) is 5.56 Å². The maximum Gasteiger partial charge on any atom is 0.513 e. The Morgan fingerprint density at radius 2 is 1.36 bits per heavy atom. The minimum Gasteiger partial charge on any atom is -0.480 e. The number of rotatable bonds is 13. The highest BCUT2D eigenvalue weighted by Crippen LogP contribution is 2.37. The molecular weight excluding hydrogens is 546 g/mol. The van der Waals surface area contributed by atoms with Crippen molar-refractivity contribution < 1.29 is 48.0 Å². The van der Waals surface area contributed by atoms with E-state index in [1.165, 1.54) is 18.2 Å². The lowest BCUT2D eigenvalue weighted by atomic mass is 9.79. The number of benzene rings is 1. The highest BCUT2D eigenvalue weighted by atomic mass is 16.7. The Balaban J connectivity index is 3.42. The maximum atomic E-state index is 12.6. The largest absolute Gasteiger partial charge is 0.513 e. The van der Waals surface area contributed by atoms with E-state index >= 15 is 0 Å². The fraction of sp³-hybridized carbons (Fsp3) is 0.677. The summed E-state index contributed by atoms with van der Waals surface area (Å²) in [5.41, 5.74) is 5.84. The molecule has 0 heterocycles. The zero-order valence-corrected chi connectivity index (χ0v) is 26.6. The molecular formula is C31H49NO10. The van der Waals surface area contributed by atoms with Crippen LogP contribution in [0.15, 0.2) is 18.2 Å². The summed E-state index contributed by atoms with van der Waals surface area (Å²) in [6, 6.07) is 2.83. The molecule has 0 saturated carbocycles. The summed E-state index contributed by atoms with van der Waals surface area (Å²) < 4.78 is 26.7. The van der Waals surface area contributed by atoms with E-state index in [4.69, 9.17) is 29.4 Å². The quantitative estimate of drug-likeness (QED) is 0.149. The molecule has 0 aromatic heterocycles. The van der Waals surface area contributed by atoms with Crippen molar-refractivity contribution in [2.75, 3.05) is 13.2 Å². The molecule has 11 nitrogen and oxygen atoms in total. The minimum absolute atomic E-state index is 0.0540. The van der Waals surface area contributed by atoms with Gasteiger partial charge in [-0.2, -0.15) is 0 Å². The molecule has 1 rings (SSSR count). The summed E-state index contributed by atoms with van der Waals surface area (Å²) in [5.74, 6) is -3.33. The lowest BCUT2D eigenvalue weighted by Gasteiger charge is -2.32. The molecule has 1 aromatic carbocycles. The predicted molar refractivity (Wildman–Crippen MR) is 156 cm³/mol. The van der Waals surface area contributed by atoms with Gasteiger partial charge in [-0.25, -0.2) is 9.59 Å². The van der Waals surface area contributed by atoms with Gasteiger partial charge in [0.25, 0.3) is 0 Å².